The molecule has 0 radical (unpaired) electrons. The summed E-state index contributed by atoms with van der Waals surface area (Å²) in [6.07, 6.45) is -0.0206. The van der Waals surface area contributed by atoms with Gasteiger partial charge in [0.1, 0.15) is 18.3 Å². The van der Waals surface area contributed by atoms with Gasteiger partial charge in [0.15, 0.2) is 0 Å². The van der Waals surface area contributed by atoms with Crippen molar-refractivity contribution < 1.29 is 13.9 Å². The van der Waals surface area contributed by atoms with Gasteiger partial charge in [0.2, 0.25) is 0 Å². The fraction of sp³-hybridized carbons (Fsp3) is 0.615. The van der Waals surface area contributed by atoms with E-state index in [0.717, 1.165) is 9.39 Å². The molecule has 0 bridgehead atoms. The first-order valence-electron chi connectivity index (χ1n) is 6.85. The average molecular weight is 408 g/mol. The van der Waals surface area contributed by atoms with Crippen LogP contribution in [0.4, 0.5) is 15.0 Å². The van der Waals surface area contributed by atoms with Crippen LogP contribution < -0.4 is 4.90 Å². The lowest BCUT2D eigenvalue weighted by atomic mass is 10.2. The summed E-state index contributed by atoms with van der Waals surface area (Å²) in [5.74, 6) is 0.730. The Bertz CT molecular complexity index is 507. The van der Waals surface area contributed by atoms with Crippen LogP contribution in [-0.2, 0) is 4.74 Å². The summed E-state index contributed by atoms with van der Waals surface area (Å²) in [4.78, 5) is 23.6. The topological polar surface area (TPSA) is 58.6 Å². The van der Waals surface area contributed by atoms with Gasteiger partial charge in [-0.15, -0.1) is 0 Å². The number of nitrogens with zero attached hydrogens (tertiary/aromatic N) is 4. The molecule has 1 fully saturated rings. The van der Waals surface area contributed by atoms with Gasteiger partial charge in [0, 0.05) is 26.2 Å². The normalized spacial score (nSPS) is 16.8. The van der Waals surface area contributed by atoms with Gasteiger partial charge < -0.3 is 14.5 Å². The van der Waals surface area contributed by atoms with E-state index < -0.39 is 6.17 Å². The van der Waals surface area contributed by atoms with Crippen LogP contribution >= 0.6 is 22.6 Å². The van der Waals surface area contributed by atoms with Gasteiger partial charge in [0.05, 0.1) is 15.9 Å². The lowest BCUT2D eigenvalue weighted by Crippen LogP contribution is -2.49. The van der Waals surface area contributed by atoms with Crippen LogP contribution in [0.5, 0.6) is 0 Å². The van der Waals surface area contributed by atoms with Gasteiger partial charge in [-0.25, -0.2) is 19.2 Å². The maximum atomic E-state index is 13.5. The zero-order valence-corrected chi connectivity index (χ0v) is 14.2. The predicted molar refractivity (Wildman–Crippen MR) is 85.1 cm³/mol. The quantitative estimate of drug-likeness (QED) is 0.720. The number of aromatic nitrogens is 2. The Morgan fingerprint density at radius 2 is 2.10 bits per heavy atom. The molecule has 0 saturated carbocycles. The van der Waals surface area contributed by atoms with E-state index in [1.54, 1.807) is 11.8 Å². The number of carbonyl (C=O) groups excluding carboxylic acids is 1. The lowest BCUT2D eigenvalue weighted by Gasteiger charge is -2.35. The van der Waals surface area contributed by atoms with Gasteiger partial charge >= 0.3 is 6.09 Å². The molecule has 0 N–H and O–H groups in total. The molecule has 1 aliphatic rings. The predicted octanol–water partition coefficient (Wildman–Crippen LogP) is 2.39. The van der Waals surface area contributed by atoms with Crippen LogP contribution in [0.1, 0.15) is 25.7 Å². The highest BCUT2D eigenvalue weighted by atomic mass is 127. The fourth-order valence-electron chi connectivity index (χ4n) is 2.19. The van der Waals surface area contributed by atoms with Crippen molar-refractivity contribution in [3.8, 4) is 0 Å². The third-order valence-corrected chi connectivity index (χ3v) is 4.32. The van der Waals surface area contributed by atoms with Crippen LogP contribution in [0.2, 0.25) is 0 Å². The molecule has 1 amide bonds. The molecule has 1 aromatic rings. The monoisotopic (exact) mass is 408 g/mol. The molecule has 1 saturated heterocycles. The van der Waals surface area contributed by atoms with Crippen molar-refractivity contribution in [3.05, 3.63) is 15.6 Å². The molecule has 0 spiro atoms. The van der Waals surface area contributed by atoms with E-state index in [1.807, 2.05) is 4.90 Å². The second-order valence-corrected chi connectivity index (χ2v) is 5.76. The molecule has 1 aliphatic heterocycles. The number of anilines is 1. The highest BCUT2D eigenvalue weighted by Gasteiger charge is 2.25. The maximum Gasteiger partial charge on any atom is 0.409 e. The molecule has 6 nitrogen and oxygen atoms in total. The van der Waals surface area contributed by atoms with Crippen LogP contribution in [0.25, 0.3) is 0 Å². The summed E-state index contributed by atoms with van der Waals surface area (Å²) < 4.78 is 19.2. The maximum absolute atomic E-state index is 13.5. The fourth-order valence-corrected chi connectivity index (χ4v) is 3.24. The molecule has 116 valence electrons. The zero-order chi connectivity index (χ0) is 15.4. The molecule has 8 heteroatoms. The van der Waals surface area contributed by atoms with E-state index in [4.69, 9.17) is 4.74 Å². The largest absolute Gasteiger partial charge is 0.450 e. The number of halogens is 2. The van der Waals surface area contributed by atoms with Crippen molar-refractivity contribution in [3.63, 3.8) is 0 Å². The molecular formula is C13H18FIN4O2. The first kappa shape index (κ1) is 16.2. The molecule has 1 atom stereocenters. The summed E-state index contributed by atoms with van der Waals surface area (Å²) in [5.41, 5.74) is 0.411. The Morgan fingerprint density at radius 3 is 2.67 bits per heavy atom. The van der Waals surface area contributed by atoms with Crippen molar-refractivity contribution >= 4 is 34.5 Å². The van der Waals surface area contributed by atoms with E-state index in [2.05, 4.69) is 32.6 Å². The number of amides is 1. The molecule has 0 aromatic carbocycles. The summed E-state index contributed by atoms with van der Waals surface area (Å²) in [6.45, 7) is 6.06. The van der Waals surface area contributed by atoms with E-state index in [-0.39, 0.29) is 6.09 Å². The Hall–Kier alpha value is -1.19. The van der Waals surface area contributed by atoms with Crippen LogP contribution in [0.15, 0.2) is 6.33 Å². The van der Waals surface area contributed by atoms with Crippen LogP contribution in [0, 0.1) is 3.57 Å². The van der Waals surface area contributed by atoms with Gasteiger partial charge in [-0.3, -0.25) is 0 Å². The average Bonchev–Trinajstić information content (AvgIpc) is 2.47. The second-order valence-electron chi connectivity index (χ2n) is 4.69. The molecule has 2 heterocycles. The molecule has 2 rings (SSSR count). The first-order valence-corrected chi connectivity index (χ1v) is 7.93. The van der Waals surface area contributed by atoms with Gasteiger partial charge in [0.25, 0.3) is 0 Å². The van der Waals surface area contributed by atoms with Crippen LogP contribution in [-0.4, -0.2) is 53.7 Å². The molecular weight excluding hydrogens is 390 g/mol. The van der Waals surface area contributed by atoms with Gasteiger partial charge in [-0.1, -0.05) is 0 Å². The summed E-state index contributed by atoms with van der Waals surface area (Å²) in [7, 11) is 0. The summed E-state index contributed by atoms with van der Waals surface area (Å²) >= 11 is 2.08. The van der Waals surface area contributed by atoms with Crippen molar-refractivity contribution in [2.75, 3.05) is 37.7 Å². The highest BCUT2D eigenvalue weighted by Crippen LogP contribution is 2.27. The second kappa shape index (κ2) is 7.19. The minimum atomic E-state index is -1.13. The van der Waals surface area contributed by atoms with E-state index in [9.17, 15) is 9.18 Å². The van der Waals surface area contributed by atoms with Gasteiger partial charge in [-0.05, 0) is 36.4 Å². The number of alkyl halides is 1. The van der Waals surface area contributed by atoms with Crippen LogP contribution in [0.3, 0.4) is 0 Å². The third-order valence-electron chi connectivity index (χ3n) is 3.28. The summed E-state index contributed by atoms with van der Waals surface area (Å²) in [5, 5.41) is 0. The standard InChI is InChI=1S/C13H18FIN4O2/c1-3-21-13(20)19-6-4-18(5-7-19)12-10(15)11(9(2)14)16-8-17-12/h8-9H,3-7H2,1-2H3. The number of hydrogen-bond donors (Lipinski definition) is 0. The molecule has 21 heavy (non-hydrogen) atoms. The van der Waals surface area contributed by atoms with Crippen molar-refractivity contribution in [2.24, 2.45) is 0 Å². The summed E-state index contributed by atoms with van der Waals surface area (Å²) in [6, 6.07) is 0. The number of rotatable bonds is 3. The zero-order valence-electron chi connectivity index (χ0n) is 12.1. The Morgan fingerprint density at radius 1 is 1.43 bits per heavy atom. The SMILES string of the molecule is CCOC(=O)N1CCN(c2ncnc(C(C)F)c2I)CC1. The lowest BCUT2D eigenvalue weighted by molar-refractivity contribution is 0.105. The Labute approximate surface area is 136 Å². The smallest absolute Gasteiger partial charge is 0.409 e. The van der Waals surface area contributed by atoms with E-state index in [1.165, 1.54) is 13.3 Å². The number of ether oxygens (including phenoxy) is 1. The highest BCUT2D eigenvalue weighted by molar-refractivity contribution is 14.1. The molecule has 1 aromatic heterocycles. The Balaban J connectivity index is 2.06. The van der Waals surface area contributed by atoms with Crippen molar-refractivity contribution in [1.29, 1.82) is 0 Å². The molecule has 0 aliphatic carbocycles. The number of hydrogen-bond acceptors (Lipinski definition) is 5. The minimum absolute atomic E-state index is 0.285. The minimum Gasteiger partial charge on any atom is -0.450 e. The van der Waals surface area contributed by atoms with Crippen molar-refractivity contribution in [2.45, 2.75) is 20.0 Å². The van der Waals surface area contributed by atoms with E-state index >= 15 is 0 Å². The number of piperazine rings is 1. The van der Waals surface area contributed by atoms with Crippen molar-refractivity contribution in [1.82, 2.24) is 14.9 Å². The molecule has 1 unspecified atom stereocenters. The van der Waals surface area contributed by atoms with Gasteiger partial charge in [-0.2, -0.15) is 0 Å². The number of carbonyl (C=O) groups is 1. The first-order chi connectivity index (χ1) is 10.0. The Kier molecular flexibility index (Phi) is 5.54. The van der Waals surface area contributed by atoms with E-state index in [0.29, 0.717) is 38.5 Å². The third kappa shape index (κ3) is 3.72.